The number of aryl methyl sites for hydroxylation is 1. The molecule has 0 heterocycles. The van der Waals surface area contributed by atoms with E-state index in [-0.39, 0.29) is 12.2 Å². The van der Waals surface area contributed by atoms with Gasteiger partial charge in [0.15, 0.2) is 0 Å². The first-order valence-electron chi connectivity index (χ1n) is 3.65. The van der Waals surface area contributed by atoms with Crippen LogP contribution in [0.2, 0.25) is 5.02 Å². The minimum atomic E-state index is -4.12. The van der Waals surface area contributed by atoms with Gasteiger partial charge in [0.2, 0.25) is 0 Å². The molecule has 0 spiro atoms. The van der Waals surface area contributed by atoms with Crippen LogP contribution in [0.1, 0.15) is 5.56 Å². The van der Waals surface area contributed by atoms with E-state index >= 15 is 0 Å². The highest BCUT2D eigenvalue weighted by Gasteiger charge is 2.06. The van der Waals surface area contributed by atoms with E-state index in [4.69, 9.17) is 11.6 Å². The van der Waals surface area contributed by atoms with Crippen LogP contribution in [0.4, 0.5) is 0 Å². The van der Waals surface area contributed by atoms with Gasteiger partial charge in [0.25, 0.3) is 10.1 Å². The zero-order valence-corrected chi connectivity index (χ0v) is 8.31. The summed E-state index contributed by atoms with van der Waals surface area (Å²) in [6.45, 7) is 0. The molecule has 1 radical (unpaired) electrons. The van der Waals surface area contributed by atoms with Crippen molar-refractivity contribution in [2.75, 3.05) is 5.75 Å². The van der Waals surface area contributed by atoms with Crippen LogP contribution in [-0.4, -0.2) is 14.2 Å². The molecule has 0 unspecified atom stereocenters. The van der Waals surface area contributed by atoms with Crippen molar-refractivity contribution in [3.05, 3.63) is 34.9 Å². The smallest absolute Gasteiger partial charge is 0.197 e. The van der Waals surface area contributed by atoms with Gasteiger partial charge in [-0.2, -0.15) is 8.42 Å². The highest BCUT2D eigenvalue weighted by atomic mass is 35.5. The summed E-state index contributed by atoms with van der Waals surface area (Å²) in [5.74, 6) is -0.366. The van der Waals surface area contributed by atoms with E-state index in [2.05, 4.69) is 0 Å². The third-order valence-corrected chi connectivity index (χ3v) is 2.51. The Labute approximate surface area is 82.1 Å². The molecule has 13 heavy (non-hydrogen) atoms. The fourth-order valence-corrected chi connectivity index (χ4v) is 1.51. The van der Waals surface area contributed by atoms with Crippen molar-refractivity contribution in [1.29, 1.82) is 0 Å². The number of hydrogen-bond donors (Lipinski definition) is 0. The van der Waals surface area contributed by atoms with Crippen LogP contribution < -0.4 is 0 Å². The van der Waals surface area contributed by atoms with Crippen LogP contribution in [0, 0.1) is 0 Å². The predicted molar refractivity (Wildman–Crippen MR) is 49.6 cm³/mol. The second-order valence-corrected chi connectivity index (χ2v) is 4.60. The van der Waals surface area contributed by atoms with Gasteiger partial charge in [0.1, 0.15) is 0 Å². The molecular weight excluding hydrogens is 212 g/mol. The first-order chi connectivity index (χ1) is 5.97. The molecular formula is C8H8ClO3S. The molecule has 3 nitrogen and oxygen atoms in total. The van der Waals surface area contributed by atoms with Gasteiger partial charge in [-0.25, -0.2) is 0 Å². The van der Waals surface area contributed by atoms with Crippen molar-refractivity contribution in [3.63, 3.8) is 0 Å². The van der Waals surface area contributed by atoms with E-state index in [0.717, 1.165) is 5.56 Å². The fraction of sp³-hybridized carbons (Fsp3) is 0.250. The van der Waals surface area contributed by atoms with Crippen LogP contribution in [0.3, 0.4) is 0 Å². The molecule has 0 fully saturated rings. The Morgan fingerprint density at radius 1 is 1.15 bits per heavy atom. The van der Waals surface area contributed by atoms with Crippen molar-refractivity contribution < 1.29 is 13.0 Å². The number of hydrogen-bond acceptors (Lipinski definition) is 2. The lowest BCUT2D eigenvalue weighted by molar-refractivity contribution is 0.414. The molecule has 0 amide bonds. The number of rotatable bonds is 3. The molecule has 0 aromatic heterocycles. The monoisotopic (exact) mass is 219 g/mol. The van der Waals surface area contributed by atoms with Crippen LogP contribution in [0.5, 0.6) is 0 Å². The van der Waals surface area contributed by atoms with E-state index in [1.165, 1.54) is 0 Å². The summed E-state index contributed by atoms with van der Waals surface area (Å²) in [4.78, 5) is 0. The average Bonchev–Trinajstić information content (AvgIpc) is 2.02. The summed E-state index contributed by atoms with van der Waals surface area (Å²) in [6, 6.07) is 6.73. The van der Waals surface area contributed by atoms with E-state index in [1.54, 1.807) is 24.3 Å². The van der Waals surface area contributed by atoms with Crippen molar-refractivity contribution in [2.45, 2.75) is 6.42 Å². The lowest BCUT2D eigenvalue weighted by Crippen LogP contribution is -2.04. The molecule has 0 saturated heterocycles. The number of benzene rings is 1. The molecule has 1 rings (SSSR count). The van der Waals surface area contributed by atoms with Gasteiger partial charge in [0.05, 0.1) is 5.75 Å². The molecule has 0 atom stereocenters. The van der Waals surface area contributed by atoms with Gasteiger partial charge in [-0.1, -0.05) is 28.3 Å². The summed E-state index contributed by atoms with van der Waals surface area (Å²) in [6.07, 6.45) is 0.239. The first kappa shape index (κ1) is 10.5. The molecule has 0 bridgehead atoms. The minimum absolute atomic E-state index is 0.239. The maximum absolute atomic E-state index is 10.3. The Kier molecular flexibility index (Phi) is 3.30. The summed E-state index contributed by atoms with van der Waals surface area (Å²) >= 11 is 5.62. The lowest BCUT2D eigenvalue weighted by atomic mass is 10.2. The summed E-state index contributed by atoms with van der Waals surface area (Å²) in [5.41, 5.74) is 0.795. The Hall–Kier alpha value is -0.580. The molecule has 0 N–H and O–H groups in total. The van der Waals surface area contributed by atoms with Crippen molar-refractivity contribution in [3.8, 4) is 0 Å². The fourth-order valence-electron chi connectivity index (χ4n) is 0.894. The normalized spacial score (nSPS) is 11.5. The second-order valence-electron chi connectivity index (χ2n) is 2.64. The molecule has 0 aliphatic rings. The first-order valence-corrected chi connectivity index (χ1v) is 5.61. The molecule has 71 valence electrons. The van der Waals surface area contributed by atoms with E-state index in [1.807, 2.05) is 0 Å². The Morgan fingerprint density at radius 2 is 1.69 bits per heavy atom. The van der Waals surface area contributed by atoms with Gasteiger partial charge < -0.3 is 0 Å². The van der Waals surface area contributed by atoms with Gasteiger partial charge >= 0.3 is 0 Å². The van der Waals surface area contributed by atoms with Crippen molar-refractivity contribution in [2.24, 2.45) is 0 Å². The van der Waals surface area contributed by atoms with Crippen LogP contribution in [-0.2, 0) is 21.1 Å². The number of halogens is 1. The Balaban J connectivity index is 2.61. The molecule has 0 aliphatic carbocycles. The van der Waals surface area contributed by atoms with Gasteiger partial charge in [0, 0.05) is 5.02 Å². The second kappa shape index (κ2) is 4.09. The molecule has 0 aliphatic heterocycles. The van der Waals surface area contributed by atoms with Gasteiger partial charge in [-0.05, 0) is 24.1 Å². The highest BCUT2D eigenvalue weighted by molar-refractivity contribution is 7.85. The van der Waals surface area contributed by atoms with Crippen molar-refractivity contribution >= 4 is 21.7 Å². The standard InChI is InChI=1S/C8H8ClO3S/c9-8-3-1-7(2-4-8)5-6-13(10,11)12/h1-4H,5-6H2. The summed E-state index contributed by atoms with van der Waals surface area (Å²) in [5, 5.41) is 0.591. The molecule has 0 saturated carbocycles. The third-order valence-electron chi connectivity index (χ3n) is 1.55. The van der Waals surface area contributed by atoms with E-state index in [0.29, 0.717) is 5.02 Å². The van der Waals surface area contributed by atoms with Gasteiger partial charge in [-0.15, -0.1) is 0 Å². The average molecular weight is 220 g/mol. The van der Waals surface area contributed by atoms with Crippen molar-refractivity contribution in [1.82, 2.24) is 0 Å². The van der Waals surface area contributed by atoms with Crippen LogP contribution in [0.25, 0.3) is 0 Å². The summed E-state index contributed by atoms with van der Waals surface area (Å²) in [7, 11) is -4.12. The zero-order chi connectivity index (χ0) is 9.90. The SMILES string of the molecule is [O]S(=O)(=O)CCc1ccc(Cl)cc1. The van der Waals surface area contributed by atoms with Crippen LogP contribution >= 0.6 is 11.6 Å². The molecule has 1 aromatic carbocycles. The Morgan fingerprint density at radius 3 is 2.15 bits per heavy atom. The predicted octanol–water partition coefficient (Wildman–Crippen LogP) is 1.64. The maximum atomic E-state index is 10.3. The summed E-state index contributed by atoms with van der Waals surface area (Å²) < 4.78 is 30.9. The highest BCUT2D eigenvalue weighted by Crippen LogP contribution is 2.10. The zero-order valence-electron chi connectivity index (χ0n) is 6.73. The van der Waals surface area contributed by atoms with E-state index in [9.17, 15) is 13.0 Å². The van der Waals surface area contributed by atoms with Gasteiger partial charge in [-0.3, -0.25) is 0 Å². The topological polar surface area (TPSA) is 54.0 Å². The maximum Gasteiger partial charge on any atom is 0.294 e. The van der Waals surface area contributed by atoms with Crippen LogP contribution in [0.15, 0.2) is 24.3 Å². The third kappa shape index (κ3) is 4.26. The lowest BCUT2D eigenvalue weighted by Gasteiger charge is -1.97. The molecule has 1 aromatic rings. The minimum Gasteiger partial charge on any atom is -0.197 e. The quantitative estimate of drug-likeness (QED) is 0.776. The molecule has 5 heteroatoms. The largest absolute Gasteiger partial charge is 0.294 e. The van der Waals surface area contributed by atoms with E-state index < -0.39 is 10.1 Å². The Bertz CT molecular complexity index is 369.